The van der Waals surface area contributed by atoms with E-state index in [1.165, 1.54) is 7.11 Å². The van der Waals surface area contributed by atoms with Gasteiger partial charge in [-0.25, -0.2) is 4.79 Å². The lowest BCUT2D eigenvalue weighted by molar-refractivity contribution is -0.150. The molecule has 0 aliphatic carbocycles. The third-order valence-corrected chi connectivity index (χ3v) is 2.35. The highest BCUT2D eigenvalue weighted by molar-refractivity contribution is 5.80. The Labute approximate surface area is 102 Å². The van der Waals surface area contributed by atoms with E-state index in [0.29, 0.717) is 12.3 Å². The molecule has 6 heteroatoms. The van der Waals surface area contributed by atoms with Gasteiger partial charge in [0, 0.05) is 6.54 Å². The maximum atomic E-state index is 11.7. The van der Waals surface area contributed by atoms with Gasteiger partial charge in [-0.2, -0.15) is 0 Å². The number of ether oxygens (including phenoxy) is 1. The van der Waals surface area contributed by atoms with Crippen LogP contribution in [0.4, 0.5) is 0 Å². The van der Waals surface area contributed by atoms with Gasteiger partial charge in [0.05, 0.1) is 19.6 Å². The van der Waals surface area contributed by atoms with Crippen molar-refractivity contribution in [1.29, 1.82) is 0 Å². The maximum absolute atomic E-state index is 11.7. The van der Waals surface area contributed by atoms with Crippen LogP contribution >= 0.6 is 0 Å². The van der Waals surface area contributed by atoms with Crippen LogP contribution in [-0.2, 0) is 14.3 Å². The van der Waals surface area contributed by atoms with Crippen LogP contribution in [0.3, 0.4) is 0 Å². The fourth-order valence-corrected chi connectivity index (χ4v) is 1.44. The molecule has 0 aromatic carbocycles. The molecule has 100 valence electrons. The van der Waals surface area contributed by atoms with Crippen LogP contribution < -0.4 is 11.1 Å². The van der Waals surface area contributed by atoms with Crippen molar-refractivity contribution in [3.05, 3.63) is 0 Å². The molecule has 0 aliphatic rings. The van der Waals surface area contributed by atoms with Crippen molar-refractivity contribution >= 4 is 11.9 Å². The summed E-state index contributed by atoms with van der Waals surface area (Å²) in [4.78, 5) is 22.6. The highest BCUT2D eigenvalue weighted by Crippen LogP contribution is 2.10. The summed E-state index contributed by atoms with van der Waals surface area (Å²) >= 11 is 0. The van der Waals surface area contributed by atoms with E-state index in [0.717, 1.165) is 0 Å². The standard InChI is InChI=1S/C11H22N2O4/c1-7(2)4-8(5-12)10(15)13-6-9(14)11(16)17-3/h7-9,14H,4-6,12H2,1-3H3,(H,13,15). The second-order valence-electron chi connectivity index (χ2n) is 4.35. The fraction of sp³-hybridized carbons (Fsp3) is 0.818. The molecule has 0 rings (SSSR count). The van der Waals surface area contributed by atoms with Gasteiger partial charge in [-0.3, -0.25) is 4.79 Å². The van der Waals surface area contributed by atoms with Crippen LogP contribution in [0.2, 0.25) is 0 Å². The number of rotatable bonds is 7. The van der Waals surface area contributed by atoms with Gasteiger partial charge in [0.2, 0.25) is 5.91 Å². The molecule has 0 fully saturated rings. The Bertz CT molecular complexity index is 256. The van der Waals surface area contributed by atoms with Gasteiger partial charge < -0.3 is 20.9 Å². The normalized spacial score (nSPS) is 14.2. The number of nitrogens with one attached hydrogen (secondary N) is 1. The molecule has 1 amide bonds. The minimum absolute atomic E-state index is 0.153. The van der Waals surface area contributed by atoms with Crippen LogP contribution in [0, 0.1) is 11.8 Å². The second-order valence-corrected chi connectivity index (χ2v) is 4.35. The molecule has 0 aromatic heterocycles. The number of aliphatic hydroxyl groups is 1. The highest BCUT2D eigenvalue weighted by atomic mass is 16.5. The molecule has 2 unspecified atom stereocenters. The van der Waals surface area contributed by atoms with Crippen LogP contribution in [0.25, 0.3) is 0 Å². The van der Waals surface area contributed by atoms with E-state index in [1.54, 1.807) is 0 Å². The molecule has 0 aliphatic heterocycles. The van der Waals surface area contributed by atoms with Crippen molar-refractivity contribution in [1.82, 2.24) is 5.32 Å². The van der Waals surface area contributed by atoms with Gasteiger partial charge in [0.25, 0.3) is 0 Å². The lowest BCUT2D eigenvalue weighted by atomic mass is 9.96. The van der Waals surface area contributed by atoms with Crippen molar-refractivity contribution in [2.45, 2.75) is 26.4 Å². The number of hydrogen-bond acceptors (Lipinski definition) is 5. The first-order valence-electron chi connectivity index (χ1n) is 5.66. The number of carbonyl (C=O) groups is 2. The number of esters is 1. The van der Waals surface area contributed by atoms with Crippen LogP contribution in [0.15, 0.2) is 0 Å². The first-order valence-corrected chi connectivity index (χ1v) is 5.66. The van der Waals surface area contributed by atoms with Gasteiger partial charge in [-0.15, -0.1) is 0 Å². The van der Waals surface area contributed by atoms with Crippen LogP contribution in [0.5, 0.6) is 0 Å². The summed E-state index contributed by atoms with van der Waals surface area (Å²) in [5.74, 6) is -0.942. The molecule has 6 nitrogen and oxygen atoms in total. The lowest BCUT2D eigenvalue weighted by Gasteiger charge is -2.17. The van der Waals surface area contributed by atoms with Crippen molar-refractivity contribution in [3.63, 3.8) is 0 Å². The summed E-state index contributed by atoms with van der Waals surface area (Å²) < 4.78 is 4.33. The molecule has 4 N–H and O–H groups in total. The third kappa shape index (κ3) is 6.23. The Morgan fingerprint density at radius 3 is 2.41 bits per heavy atom. The van der Waals surface area contributed by atoms with E-state index in [9.17, 15) is 14.7 Å². The molecule has 0 heterocycles. The summed E-state index contributed by atoms with van der Waals surface area (Å²) in [6.45, 7) is 4.09. The Morgan fingerprint density at radius 2 is 2.00 bits per heavy atom. The molecule has 0 saturated carbocycles. The van der Waals surface area contributed by atoms with Crippen LogP contribution in [0.1, 0.15) is 20.3 Å². The smallest absolute Gasteiger partial charge is 0.336 e. The van der Waals surface area contributed by atoms with Crippen molar-refractivity contribution in [2.24, 2.45) is 17.6 Å². The number of amides is 1. The largest absolute Gasteiger partial charge is 0.467 e. The SMILES string of the molecule is COC(=O)C(O)CNC(=O)C(CN)CC(C)C. The van der Waals surface area contributed by atoms with Gasteiger partial charge in [0.15, 0.2) is 6.10 Å². The van der Waals surface area contributed by atoms with E-state index < -0.39 is 12.1 Å². The third-order valence-electron chi connectivity index (χ3n) is 2.35. The molecule has 2 atom stereocenters. The molecular weight excluding hydrogens is 224 g/mol. The van der Waals surface area contributed by atoms with E-state index >= 15 is 0 Å². The molecule has 0 aromatic rings. The molecule has 0 saturated heterocycles. The van der Waals surface area contributed by atoms with Crippen molar-refractivity contribution in [3.8, 4) is 0 Å². The van der Waals surface area contributed by atoms with Gasteiger partial charge >= 0.3 is 5.97 Å². The molecule has 0 bridgehead atoms. The zero-order valence-electron chi connectivity index (χ0n) is 10.6. The Morgan fingerprint density at radius 1 is 1.41 bits per heavy atom. The van der Waals surface area contributed by atoms with Crippen molar-refractivity contribution < 1.29 is 19.4 Å². The molecule has 17 heavy (non-hydrogen) atoms. The Balaban J connectivity index is 4.10. The van der Waals surface area contributed by atoms with Gasteiger partial charge in [-0.05, 0) is 12.3 Å². The second kappa shape index (κ2) is 8.03. The van der Waals surface area contributed by atoms with E-state index in [2.05, 4.69) is 10.1 Å². The lowest BCUT2D eigenvalue weighted by Crippen LogP contribution is -2.42. The highest BCUT2D eigenvalue weighted by Gasteiger charge is 2.21. The first kappa shape index (κ1) is 15.9. The molecular formula is C11H22N2O4. The fourth-order valence-electron chi connectivity index (χ4n) is 1.44. The average molecular weight is 246 g/mol. The molecule has 0 spiro atoms. The van der Waals surface area contributed by atoms with Gasteiger partial charge in [-0.1, -0.05) is 13.8 Å². The summed E-state index contributed by atoms with van der Waals surface area (Å²) in [6, 6.07) is 0. The van der Waals surface area contributed by atoms with Crippen LogP contribution in [-0.4, -0.2) is 43.3 Å². The topological polar surface area (TPSA) is 102 Å². The quantitative estimate of drug-likeness (QED) is 0.513. The Hall–Kier alpha value is -1.14. The Kier molecular flexibility index (Phi) is 7.49. The first-order chi connectivity index (χ1) is 7.92. The zero-order valence-corrected chi connectivity index (χ0v) is 10.6. The predicted octanol–water partition coefficient (Wildman–Crippen LogP) is -0.742. The number of methoxy groups -OCH3 is 1. The number of nitrogens with two attached hydrogens (primary N) is 1. The number of aliphatic hydroxyl groups excluding tert-OH is 1. The zero-order chi connectivity index (χ0) is 13.4. The van der Waals surface area contributed by atoms with E-state index in [-0.39, 0.29) is 24.9 Å². The summed E-state index contributed by atoms with van der Waals surface area (Å²) in [5, 5.41) is 11.8. The average Bonchev–Trinajstić information content (AvgIpc) is 2.30. The number of hydrogen-bond donors (Lipinski definition) is 3. The molecule has 0 radical (unpaired) electrons. The minimum atomic E-state index is -1.33. The summed E-state index contributed by atoms with van der Waals surface area (Å²) in [7, 11) is 1.18. The predicted molar refractivity (Wildman–Crippen MR) is 63.0 cm³/mol. The monoisotopic (exact) mass is 246 g/mol. The minimum Gasteiger partial charge on any atom is -0.467 e. The van der Waals surface area contributed by atoms with Gasteiger partial charge in [0.1, 0.15) is 0 Å². The van der Waals surface area contributed by atoms with Crippen molar-refractivity contribution in [2.75, 3.05) is 20.2 Å². The summed E-state index contributed by atoms with van der Waals surface area (Å²) in [6.07, 6.45) is -0.655. The maximum Gasteiger partial charge on any atom is 0.336 e. The van der Waals surface area contributed by atoms with E-state index in [1.807, 2.05) is 13.8 Å². The summed E-state index contributed by atoms with van der Waals surface area (Å²) in [5.41, 5.74) is 5.50. The van der Waals surface area contributed by atoms with E-state index in [4.69, 9.17) is 5.73 Å². The number of carbonyl (C=O) groups excluding carboxylic acids is 2.